The first-order valence-electron chi connectivity index (χ1n) is 16.6. The summed E-state index contributed by atoms with van der Waals surface area (Å²) in [6, 6.07) is 15.3. The molecule has 260 valence electrons. The van der Waals surface area contributed by atoms with E-state index in [-0.39, 0.29) is 41.7 Å². The van der Waals surface area contributed by atoms with Gasteiger partial charge in [0, 0.05) is 43.5 Å². The van der Waals surface area contributed by atoms with Gasteiger partial charge in [-0.05, 0) is 88.9 Å². The van der Waals surface area contributed by atoms with Gasteiger partial charge in [-0.1, -0.05) is 6.07 Å². The maximum absolute atomic E-state index is 14.8. The van der Waals surface area contributed by atoms with Gasteiger partial charge >= 0.3 is 12.1 Å². The Morgan fingerprint density at radius 2 is 1.73 bits per heavy atom. The monoisotopic (exact) mass is 674 g/mol. The number of anilines is 1. The number of piperidine rings is 2. The third-order valence-corrected chi connectivity index (χ3v) is 8.53. The number of halogens is 1. The average Bonchev–Trinajstić information content (AvgIpc) is 3.53. The Hall–Kier alpha value is -4.96. The smallest absolute Gasteiger partial charge is 0.407 e. The molecule has 2 amide bonds. The van der Waals surface area contributed by atoms with Crippen LogP contribution in [0, 0.1) is 17.1 Å². The molecule has 0 bridgehead atoms. The van der Waals surface area contributed by atoms with Crippen molar-refractivity contribution in [1.82, 2.24) is 20.0 Å². The highest BCUT2D eigenvalue weighted by Gasteiger charge is 2.29. The van der Waals surface area contributed by atoms with Crippen LogP contribution >= 0.6 is 0 Å². The number of amides is 2. The second-order valence-electron chi connectivity index (χ2n) is 13.3. The minimum atomic E-state index is -0.666. The Bertz CT molecular complexity index is 1690. The van der Waals surface area contributed by atoms with Gasteiger partial charge in [0.2, 0.25) is 0 Å². The molecule has 0 unspecified atom stereocenters. The molecule has 0 radical (unpaired) electrons. The third kappa shape index (κ3) is 9.14. The minimum Gasteiger partial charge on any atom is -0.469 e. The fourth-order valence-corrected chi connectivity index (χ4v) is 6.07. The normalized spacial score (nSPS) is 16.9. The van der Waals surface area contributed by atoms with E-state index in [1.165, 1.54) is 19.2 Å². The summed E-state index contributed by atoms with van der Waals surface area (Å²) in [7, 11) is 1.37. The first kappa shape index (κ1) is 35.3. The molecule has 2 fully saturated rings. The number of nitriles is 1. The summed E-state index contributed by atoms with van der Waals surface area (Å²) < 4.78 is 32.3. The van der Waals surface area contributed by atoms with E-state index in [0.29, 0.717) is 49.5 Å². The molecule has 0 aliphatic carbocycles. The van der Waals surface area contributed by atoms with E-state index >= 15 is 0 Å². The highest BCUT2D eigenvalue weighted by atomic mass is 19.1. The number of hydrogen-bond acceptors (Lipinski definition) is 9. The van der Waals surface area contributed by atoms with Crippen molar-refractivity contribution in [2.24, 2.45) is 0 Å². The molecule has 2 saturated heterocycles. The number of rotatable bonds is 9. The standard InChI is InChI=1S/C36H43FN6O6/c1-36(2,3)49-35(46)39-26-6-5-16-42(23-26)34(45)31-21-32(24-7-8-25(22-38)30(37)20-24)43(40-31)28-11-9-27(10-12-28)41-17-13-29(14-18-41)48-19-15-33(44)47-4/h7-12,20-21,26,29H,5-6,13-19,23H2,1-4H3,(H,39,46)/t26-/m1/s1. The molecule has 5 rings (SSSR count). The number of carbonyl (C=O) groups is 3. The predicted molar refractivity (Wildman–Crippen MR) is 180 cm³/mol. The zero-order valence-electron chi connectivity index (χ0n) is 28.4. The molecule has 1 aromatic heterocycles. The molecule has 49 heavy (non-hydrogen) atoms. The number of esters is 1. The van der Waals surface area contributed by atoms with Crippen molar-refractivity contribution in [1.29, 1.82) is 5.26 Å². The molecule has 2 aromatic carbocycles. The van der Waals surface area contributed by atoms with Gasteiger partial charge in [-0.15, -0.1) is 0 Å². The van der Waals surface area contributed by atoms with E-state index in [1.807, 2.05) is 30.3 Å². The molecule has 2 aliphatic heterocycles. The highest BCUT2D eigenvalue weighted by molar-refractivity contribution is 5.94. The van der Waals surface area contributed by atoms with Gasteiger partial charge in [0.25, 0.3) is 5.91 Å². The summed E-state index contributed by atoms with van der Waals surface area (Å²) in [6.45, 7) is 8.10. The second kappa shape index (κ2) is 15.5. The Kier molecular flexibility index (Phi) is 11.2. The lowest BCUT2D eigenvalue weighted by Gasteiger charge is -2.33. The van der Waals surface area contributed by atoms with E-state index in [9.17, 15) is 24.0 Å². The summed E-state index contributed by atoms with van der Waals surface area (Å²) in [5.41, 5.74) is 2.10. The fraction of sp³-hybridized carbons (Fsp3) is 0.472. The van der Waals surface area contributed by atoms with Crippen molar-refractivity contribution in [2.75, 3.05) is 44.8 Å². The first-order valence-corrected chi connectivity index (χ1v) is 16.6. The lowest BCUT2D eigenvalue weighted by atomic mass is 10.0. The zero-order valence-corrected chi connectivity index (χ0v) is 28.4. The van der Waals surface area contributed by atoms with Crippen LogP contribution < -0.4 is 10.2 Å². The summed E-state index contributed by atoms with van der Waals surface area (Å²) >= 11 is 0. The molecule has 3 aromatic rings. The van der Waals surface area contributed by atoms with Crippen molar-refractivity contribution in [3.8, 4) is 23.0 Å². The quantitative estimate of drug-likeness (QED) is 0.303. The summed E-state index contributed by atoms with van der Waals surface area (Å²) in [5.74, 6) is -1.26. The van der Waals surface area contributed by atoms with Crippen LogP contribution in [0.4, 0.5) is 14.9 Å². The Balaban J connectivity index is 1.33. The van der Waals surface area contributed by atoms with Gasteiger partial charge in [-0.25, -0.2) is 13.9 Å². The molecular weight excluding hydrogens is 631 g/mol. The van der Waals surface area contributed by atoms with Crippen LogP contribution in [0.5, 0.6) is 0 Å². The highest BCUT2D eigenvalue weighted by Crippen LogP contribution is 2.29. The van der Waals surface area contributed by atoms with E-state index in [1.54, 1.807) is 42.5 Å². The van der Waals surface area contributed by atoms with Crippen LogP contribution in [0.25, 0.3) is 16.9 Å². The van der Waals surface area contributed by atoms with Gasteiger partial charge in [-0.2, -0.15) is 10.4 Å². The minimum absolute atomic E-state index is 0.0788. The summed E-state index contributed by atoms with van der Waals surface area (Å²) in [5, 5.41) is 16.8. The van der Waals surface area contributed by atoms with Gasteiger partial charge in [-0.3, -0.25) is 9.59 Å². The van der Waals surface area contributed by atoms with E-state index in [2.05, 4.69) is 15.0 Å². The zero-order chi connectivity index (χ0) is 35.1. The lowest BCUT2D eigenvalue weighted by Crippen LogP contribution is -2.50. The number of nitrogens with one attached hydrogen (secondary N) is 1. The van der Waals surface area contributed by atoms with Crippen LogP contribution in [0.3, 0.4) is 0 Å². The van der Waals surface area contributed by atoms with Gasteiger partial charge < -0.3 is 29.3 Å². The number of alkyl carbamates (subject to hydrolysis) is 1. The third-order valence-electron chi connectivity index (χ3n) is 8.53. The molecule has 12 nitrogen and oxygen atoms in total. The number of hydrogen-bond donors (Lipinski definition) is 1. The van der Waals surface area contributed by atoms with Crippen molar-refractivity contribution in [3.63, 3.8) is 0 Å². The van der Waals surface area contributed by atoms with Crippen molar-refractivity contribution >= 4 is 23.7 Å². The lowest BCUT2D eigenvalue weighted by molar-refractivity contribution is -0.142. The van der Waals surface area contributed by atoms with Gasteiger partial charge in [0.05, 0.1) is 43.2 Å². The number of methoxy groups -OCH3 is 1. The molecule has 2 aliphatic rings. The molecule has 1 N–H and O–H groups in total. The average molecular weight is 675 g/mol. The van der Waals surface area contributed by atoms with Crippen LogP contribution in [0.1, 0.15) is 68.9 Å². The Morgan fingerprint density at radius 3 is 2.39 bits per heavy atom. The van der Waals surface area contributed by atoms with Crippen molar-refractivity contribution in [2.45, 2.75) is 70.6 Å². The maximum atomic E-state index is 14.8. The summed E-state index contributed by atoms with van der Waals surface area (Å²) in [6.07, 6.45) is 2.84. The van der Waals surface area contributed by atoms with Crippen LogP contribution in [-0.4, -0.2) is 90.3 Å². The van der Waals surface area contributed by atoms with Crippen LogP contribution in [0.15, 0.2) is 48.5 Å². The number of aromatic nitrogens is 2. The molecule has 3 heterocycles. The summed E-state index contributed by atoms with van der Waals surface area (Å²) in [4.78, 5) is 41.5. The Labute approximate surface area is 285 Å². The van der Waals surface area contributed by atoms with Crippen molar-refractivity contribution < 1.29 is 33.0 Å². The molecule has 0 saturated carbocycles. The van der Waals surface area contributed by atoms with E-state index in [4.69, 9.17) is 14.6 Å². The van der Waals surface area contributed by atoms with Gasteiger partial charge in [0.1, 0.15) is 17.5 Å². The predicted octanol–water partition coefficient (Wildman–Crippen LogP) is 5.23. The first-order chi connectivity index (χ1) is 23.4. The SMILES string of the molecule is COC(=O)CCOC1CCN(c2ccc(-n3nc(C(=O)N4CCC[C@@H](NC(=O)OC(C)(C)C)C4)cc3-c3ccc(C#N)c(F)c3)cc2)CC1. The van der Waals surface area contributed by atoms with Crippen LogP contribution in [0.2, 0.25) is 0 Å². The maximum Gasteiger partial charge on any atom is 0.407 e. The molecular formula is C36H43FN6O6. The fourth-order valence-electron chi connectivity index (χ4n) is 6.07. The Morgan fingerprint density at radius 1 is 1.02 bits per heavy atom. The number of nitrogens with zero attached hydrogens (tertiary/aromatic N) is 5. The number of ether oxygens (including phenoxy) is 3. The van der Waals surface area contributed by atoms with E-state index in [0.717, 1.165) is 31.6 Å². The van der Waals surface area contributed by atoms with Gasteiger partial charge in [0.15, 0.2) is 5.69 Å². The number of likely N-dealkylation sites (tertiary alicyclic amines) is 1. The largest absolute Gasteiger partial charge is 0.469 e. The molecule has 13 heteroatoms. The second-order valence-corrected chi connectivity index (χ2v) is 13.3. The van der Waals surface area contributed by atoms with E-state index < -0.39 is 17.5 Å². The number of benzene rings is 2. The van der Waals surface area contributed by atoms with Crippen molar-refractivity contribution in [3.05, 3.63) is 65.6 Å². The number of carbonyl (C=O) groups excluding carboxylic acids is 3. The molecule has 1 atom stereocenters. The molecule has 0 spiro atoms. The van der Waals surface area contributed by atoms with Crippen LogP contribution in [-0.2, 0) is 19.0 Å². The topological polar surface area (TPSA) is 139 Å².